The molecule has 0 bridgehead atoms. The molecule has 0 aromatic rings. The Balaban J connectivity index is 2.89. The number of aliphatic imine (C=N–C) groups is 1. The summed E-state index contributed by atoms with van der Waals surface area (Å²) in [6, 6.07) is 0. The van der Waals surface area contributed by atoms with E-state index in [2.05, 4.69) is 4.99 Å². The van der Waals surface area contributed by atoms with Gasteiger partial charge in [-0.1, -0.05) is 0 Å². The van der Waals surface area contributed by atoms with Crippen LogP contribution in [0.4, 0.5) is 0 Å². The van der Waals surface area contributed by atoms with E-state index in [1.807, 2.05) is 0 Å². The second-order valence-electron chi connectivity index (χ2n) is 3.11. The molecule has 1 fully saturated rings. The van der Waals surface area contributed by atoms with Gasteiger partial charge < -0.3 is 10.6 Å². The third-order valence-electron chi connectivity index (χ3n) is 2.25. The topological polar surface area (TPSA) is 58.7 Å². The van der Waals surface area contributed by atoms with Crippen molar-refractivity contribution in [3.05, 3.63) is 11.8 Å². The lowest BCUT2D eigenvalue weighted by molar-refractivity contribution is -0.129. The van der Waals surface area contributed by atoms with Gasteiger partial charge in [0, 0.05) is 44.5 Å². The molecule has 0 aliphatic carbocycles. The van der Waals surface area contributed by atoms with E-state index < -0.39 is 0 Å². The number of carbonyl (C=O) groups is 1. The largest absolute Gasteiger partial charge is 0.404 e. The first-order valence-electron chi connectivity index (χ1n) is 4.29. The Morgan fingerprint density at radius 3 is 2.77 bits per heavy atom. The van der Waals surface area contributed by atoms with E-state index in [0.717, 1.165) is 11.3 Å². The molecule has 1 aliphatic heterocycles. The molecule has 0 atom stereocenters. The Hall–Kier alpha value is -1.32. The van der Waals surface area contributed by atoms with E-state index >= 15 is 0 Å². The van der Waals surface area contributed by atoms with Crippen molar-refractivity contribution in [3.63, 3.8) is 0 Å². The molecule has 1 heterocycles. The smallest absolute Gasteiger partial charge is 0.223 e. The summed E-state index contributed by atoms with van der Waals surface area (Å²) >= 11 is 0. The first kappa shape index (κ1) is 9.77. The van der Waals surface area contributed by atoms with Crippen molar-refractivity contribution in [2.45, 2.75) is 12.8 Å². The van der Waals surface area contributed by atoms with E-state index in [9.17, 15) is 4.79 Å². The molecule has 0 spiro atoms. The third-order valence-corrected chi connectivity index (χ3v) is 2.25. The quantitative estimate of drug-likeness (QED) is 0.578. The van der Waals surface area contributed by atoms with Crippen molar-refractivity contribution in [2.24, 2.45) is 10.7 Å². The Kier molecular flexibility index (Phi) is 3.06. The maximum absolute atomic E-state index is 11.3. The summed E-state index contributed by atoms with van der Waals surface area (Å²) in [5.74, 6) is 0.151. The van der Waals surface area contributed by atoms with Crippen molar-refractivity contribution in [1.82, 2.24) is 4.90 Å². The summed E-state index contributed by atoms with van der Waals surface area (Å²) in [6.45, 7) is 0.571. The molecule has 0 unspecified atom stereocenters. The van der Waals surface area contributed by atoms with Gasteiger partial charge >= 0.3 is 0 Å². The van der Waals surface area contributed by atoms with Gasteiger partial charge in [0.15, 0.2) is 0 Å². The molecular weight excluding hydrogens is 166 g/mol. The molecule has 1 rings (SSSR count). The SMILES string of the molecule is CN=C1CCC(=O)N(C)C/C1=C/N. The van der Waals surface area contributed by atoms with Gasteiger partial charge in [0.1, 0.15) is 0 Å². The van der Waals surface area contributed by atoms with E-state index in [1.54, 1.807) is 19.0 Å². The monoisotopic (exact) mass is 181 g/mol. The van der Waals surface area contributed by atoms with E-state index in [-0.39, 0.29) is 5.91 Å². The third kappa shape index (κ3) is 2.08. The van der Waals surface area contributed by atoms with Gasteiger partial charge in [-0.2, -0.15) is 0 Å². The maximum atomic E-state index is 11.3. The van der Waals surface area contributed by atoms with Gasteiger partial charge in [-0.15, -0.1) is 0 Å². The number of likely N-dealkylation sites (tertiary alicyclic amines) is 1. The van der Waals surface area contributed by atoms with Gasteiger partial charge in [0.2, 0.25) is 5.91 Å². The maximum Gasteiger partial charge on any atom is 0.223 e. The first-order chi connectivity index (χ1) is 6.19. The minimum absolute atomic E-state index is 0.151. The number of likely N-dealkylation sites (N-methyl/N-ethyl adjacent to an activating group) is 1. The predicted molar refractivity (Wildman–Crippen MR) is 52.5 cm³/mol. The Morgan fingerprint density at radius 2 is 2.23 bits per heavy atom. The molecule has 1 saturated heterocycles. The zero-order valence-electron chi connectivity index (χ0n) is 8.08. The molecule has 13 heavy (non-hydrogen) atoms. The summed E-state index contributed by atoms with van der Waals surface area (Å²) in [7, 11) is 3.51. The molecule has 1 aliphatic rings. The summed E-state index contributed by atoms with van der Waals surface area (Å²) < 4.78 is 0. The fraction of sp³-hybridized carbons (Fsp3) is 0.556. The fourth-order valence-electron chi connectivity index (χ4n) is 1.42. The lowest BCUT2D eigenvalue weighted by atomic mass is 10.1. The highest BCUT2D eigenvalue weighted by atomic mass is 16.2. The van der Waals surface area contributed by atoms with Crippen LogP contribution in [0.1, 0.15) is 12.8 Å². The summed E-state index contributed by atoms with van der Waals surface area (Å²) in [5.41, 5.74) is 7.36. The zero-order chi connectivity index (χ0) is 9.84. The molecular formula is C9H15N3O. The van der Waals surface area contributed by atoms with Crippen LogP contribution in [-0.4, -0.2) is 37.2 Å². The summed E-state index contributed by atoms with van der Waals surface area (Å²) in [6.07, 6.45) is 2.76. The van der Waals surface area contributed by atoms with Gasteiger partial charge in [0.05, 0.1) is 0 Å². The molecule has 4 nitrogen and oxygen atoms in total. The number of carbonyl (C=O) groups excluding carboxylic acids is 1. The van der Waals surface area contributed by atoms with E-state index in [1.165, 1.54) is 6.20 Å². The minimum atomic E-state index is 0.151. The molecule has 1 amide bonds. The molecule has 0 radical (unpaired) electrons. The van der Waals surface area contributed by atoms with Crippen LogP contribution in [-0.2, 0) is 4.79 Å². The van der Waals surface area contributed by atoms with Crippen LogP contribution >= 0.6 is 0 Å². The second-order valence-corrected chi connectivity index (χ2v) is 3.11. The van der Waals surface area contributed by atoms with Crippen molar-refractivity contribution in [2.75, 3.05) is 20.6 Å². The number of nitrogens with two attached hydrogens (primary N) is 1. The predicted octanol–water partition coefficient (Wildman–Crippen LogP) is 0.152. The Morgan fingerprint density at radius 1 is 1.54 bits per heavy atom. The first-order valence-corrected chi connectivity index (χ1v) is 4.29. The average Bonchev–Trinajstić information content (AvgIpc) is 2.27. The van der Waals surface area contributed by atoms with Crippen LogP contribution in [0, 0.1) is 0 Å². The standard InChI is InChI=1S/C9H15N3O/c1-11-8-3-4-9(13)12(2)6-7(8)5-10/h5H,3-4,6,10H2,1-2H3/b7-5-,11-8?. The second kappa shape index (κ2) is 4.07. The fourth-order valence-corrected chi connectivity index (χ4v) is 1.42. The van der Waals surface area contributed by atoms with Crippen molar-refractivity contribution < 1.29 is 4.79 Å². The van der Waals surface area contributed by atoms with E-state index in [4.69, 9.17) is 5.73 Å². The molecule has 72 valence electrons. The highest BCUT2D eigenvalue weighted by molar-refractivity contribution is 6.03. The molecule has 0 saturated carbocycles. The highest BCUT2D eigenvalue weighted by Crippen LogP contribution is 2.12. The van der Waals surface area contributed by atoms with E-state index in [0.29, 0.717) is 19.4 Å². The van der Waals surface area contributed by atoms with Crippen LogP contribution < -0.4 is 5.73 Å². The van der Waals surface area contributed by atoms with Crippen LogP contribution in [0.25, 0.3) is 0 Å². The summed E-state index contributed by atoms with van der Waals surface area (Å²) in [4.78, 5) is 17.1. The van der Waals surface area contributed by atoms with Crippen molar-refractivity contribution >= 4 is 11.6 Å². The number of rotatable bonds is 0. The number of nitrogens with zero attached hydrogens (tertiary/aromatic N) is 2. The minimum Gasteiger partial charge on any atom is -0.404 e. The average molecular weight is 181 g/mol. The number of hydrogen-bond donors (Lipinski definition) is 1. The molecule has 0 aromatic carbocycles. The van der Waals surface area contributed by atoms with Crippen molar-refractivity contribution in [1.29, 1.82) is 0 Å². The Bertz CT molecular complexity index is 268. The normalized spacial score (nSPS) is 25.4. The lowest BCUT2D eigenvalue weighted by Crippen LogP contribution is -2.26. The van der Waals surface area contributed by atoms with Crippen LogP contribution in [0.15, 0.2) is 16.8 Å². The number of hydrogen-bond acceptors (Lipinski definition) is 3. The molecule has 0 aromatic heterocycles. The van der Waals surface area contributed by atoms with Crippen LogP contribution in [0.5, 0.6) is 0 Å². The van der Waals surface area contributed by atoms with Crippen LogP contribution in [0.2, 0.25) is 0 Å². The lowest BCUT2D eigenvalue weighted by Gasteiger charge is -2.14. The van der Waals surface area contributed by atoms with Gasteiger partial charge in [-0.25, -0.2) is 0 Å². The van der Waals surface area contributed by atoms with Crippen LogP contribution in [0.3, 0.4) is 0 Å². The van der Waals surface area contributed by atoms with Gasteiger partial charge in [-0.05, 0) is 6.42 Å². The number of amides is 1. The van der Waals surface area contributed by atoms with Crippen molar-refractivity contribution in [3.8, 4) is 0 Å². The highest BCUT2D eigenvalue weighted by Gasteiger charge is 2.19. The summed E-state index contributed by atoms with van der Waals surface area (Å²) in [5, 5.41) is 0. The zero-order valence-corrected chi connectivity index (χ0v) is 8.08. The van der Waals surface area contributed by atoms with Gasteiger partial charge in [0.25, 0.3) is 0 Å². The molecule has 2 N–H and O–H groups in total. The van der Waals surface area contributed by atoms with Gasteiger partial charge in [-0.3, -0.25) is 9.79 Å². The molecule has 4 heteroatoms. The Labute approximate surface area is 78.1 Å².